The van der Waals surface area contributed by atoms with Crippen molar-refractivity contribution in [2.24, 2.45) is 28.6 Å². The monoisotopic (exact) mass is 576 g/mol. The van der Waals surface area contributed by atoms with E-state index in [0.29, 0.717) is 24.4 Å². The number of anilines is 1. The number of fused-ring (bicyclic) bond motifs is 7. The summed E-state index contributed by atoms with van der Waals surface area (Å²) < 4.78 is 13.2. The van der Waals surface area contributed by atoms with Crippen molar-refractivity contribution in [3.8, 4) is 0 Å². The fraction of sp³-hybridized carbons (Fsp3) is 0.531. The number of allylic oxidation sites excluding steroid dienone is 4. The molecule has 0 bridgehead atoms. The number of rotatable bonds is 5. The van der Waals surface area contributed by atoms with Gasteiger partial charge in [-0.1, -0.05) is 49.8 Å². The molecule has 1 aromatic carbocycles. The van der Waals surface area contributed by atoms with E-state index in [1.807, 2.05) is 42.6 Å². The van der Waals surface area contributed by atoms with Gasteiger partial charge in [0.2, 0.25) is 0 Å². The van der Waals surface area contributed by atoms with Crippen molar-refractivity contribution < 1.29 is 29.3 Å². The molecule has 1 aliphatic heterocycles. The standard InChI is InChI=1S/C32H36N2O6S/c1-30-10-9-21(36)12-19(30)7-8-22-23-13-26-32(25(38)15-35,31(23,2)14-24(37)27(22)30)40-28(39-26)18-5-3-17(4-6-18)11-20-16-41-29(33)34-20/h3-6,9-10,12,16,22-24,26-28,35,37H,7-8,11,13-15H2,1-2H3,(H2,33,34)/t22-,23-,24-,26+,27+,28+,30-,31-,32+/m0/s1. The molecule has 41 heavy (non-hydrogen) atoms. The molecule has 0 radical (unpaired) electrons. The van der Waals surface area contributed by atoms with Crippen molar-refractivity contribution in [3.63, 3.8) is 0 Å². The summed E-state index contributed by atoms with van der Waals surface area (Å²) in [6.45, 7) is 3.53. The van der Waals surface area contributed by atoms with Gasteiger partial charge >= 0.3 is 0 Å². The predicted molar refractivity (Wildman–Crippen MR) is 153 cm³/mol. The molecule has 0 amide bonds. The van der Waals surface area contributed by atoms with Gasteiger partial charge in [-0.2, -0.15) is 0 Å². The first-order chi connectivity index (χ1) is 19.6. The second-order valence-corrected chi connectivity index (χ2v) is 13.8. The van der Waals surface area contributed by atoms with Crippen LogP contribution in [-0.4, -0.2) is 51.2 Å². The second-order valence-electron chi connectivity index (χ2n) is 12.9. The van der Waals surface area contributed by atoms with Gasteiger partial charge in [-0.15, -0.1) is 11.3 Å². The molecule has 8 nitrogen and oxygen atoms in total. The minimum Gasteiger partial charge on any atom is -0.393 e. The van der Waals surface area contributed by atoms with E-state index in [1.165, 1.54) is 11.3 Å². The smallest absolute Gasteiger partial charge is 0.193 e. The third kappa shape index (κ3) is 3.82. The molecule has 9 heteroatoms. The average Bonchev–Trinajstić information content (AvgIpc) is 3.60. The molecule has 0 unspecified atom stereocenters. The lowest BCUT2D eigenvalue weighted by Crippen LogP contribution is -2.63. The van der Waals surface area contributed by atoms with E-state index < -0.39 is 41.5 Å². The van der Waals surface area contributed by atoms with Gasteiger partial charge in [0.05, 0.1) is 17.9 Å². The molecule has 1 saturated heterocycles. The fourth-order valence-corrected chi connectivity index (χ4v) is 9.80. The molecule has 4 N–H and O–H groups in total. The Balaban J connectivity index is 1.18. The molecular weight excluding hydrogens is 540 g/mol. The van der Waals surface area contributed by atoms with E-state index in [2.05, 4.69) is 11.9 Å². The molecule has 2 aromatic rings. The topological polar surface area (TPSA) is 132 Å². The lowest BCUT2D eigenvalue weighted by molar-refractivity contribution is -0.201. The van der Waals surface area contributed by atoms with Crippen molar-refractivity contribution in [3.05, 3.63) is 70.3 Å². The van der Waals surface area contributed by atoms with Crippen LogP contribution in [0.15, 0.2) is 53.4 Å². The molecule has 4 aliphatic carbocycles. The number of nitrogens with zero attached hydrogens (tertiary/aromatic N) is 1. The first kappa shape index (κ1) is 27.2. The third-order valence-corrected chi connectivity index (χ3v) is 11.7. The summed E-state index contributed by atoms with van der Waals surface area (Å²) in [7, 11) is 0. The number of thiazole rings is 1. The number of carbonyl (C=O) groups excluding carboxylic acids is 2. The zero-order valence-electron chi connectivity index (χ0n) is 23.3. The Morgan fingerprint density at radius 3 is 2.73 bits per heavy atom. The summed E-state index contributed by atoms with van der Waals surface area (Å²) in [5.41, 5.74) is 7.17. The zero-order chi connectivity index (χ0) is 28.7. The van der Waals surface area contributed by atoms with E-state index in [4.69, 9.17) is 15.2 Å². The SMILES string of the molecule is C[C@]12C=CC(=O)C=C1CC[C@@H]1[C@@H]2[C@@H](O)C[C@@]2(C)[C@H]1C[C@H]1O[C@@H](c3ccc(Cc4csc(N)n4)cc3)O[C@]12C(=O)CO. The lowest BCUT2D eigenvalue weighted by Gasteiger charge is -2.59. The number of nitrogen functional groups attached to an aromatic ring is 1. The van der Waals surface area contributed by atoms with Crippen LogP contribution in [0, 0.1) is 28.6 Å². The highest BCUT2D eigenvalue weighted by atomic mass is 32.1. The van der Waals surface area contributed by atoms with E-state index in [-0.39, 0.29) is 29.3 Å². The van der Waals surface area contributed by atoms with Crippen LogP contribution in [0.25, 0.3) is 0 Å². The van der Waals surface area contributed by atoms with Crippen molar-refractivity contribution in [2.45, 2.75) is 70.1 Å². The lowest BCUT2D eigenvalue weighted by atomic mass is 9.46. The Bertz CT molecular complexity index is 1470. The first-order valence-corrected chi connectivity index (χ1v) is 15.4. The number of benzene rings is 1. The maximum atomic E-state index is 13.7. The summed E-state index contributed by atoms with van der Waals surface area (Å²) in [4.78, 5) is 30.2. The maximum Gasteiger partial charge on any atom is 0.193 e. The van der Waals surface area contributed by atoms with Crippen LogP contribution >= 0.6 is 11.3 Å². The Labute approximate surface area is 243 Å². The summed E-state index contributed by atoms with van der Waals surface area (Å²) in [5.74, 6) is -0.259. The summed E-state index contributed by atoms with van der Waals surface area (Å²) >= 11 is 1.42. The molecular formula is C32H36N2O6S. The molecule has 2 heterocycles. The Morgan fingerprint density at radius 2 is 2.02 bits per heavy atom. The van der Waals surface area contributed by atoms with Crippen LogP contribution in [0.5, 0.6) is 0 Å². The van der Waals surface area contributed by atoms with Crippen molar-refractivity contribution >= 4 is 28.0 Å². The third-order valence-electron chi connectivity index (χ3n) is 11.0. The highest BCUT2D eigenvalue weighted by molar-refractivity contribution is 7.13. The Morgan fingerprint density at radius 1 is 1.24 bits per heavy atom. The minimum absolute atomic E-state index is 0.00246. The number of aliphatic hydroxyl groups excluding tert-OH is 2. The van der Waals surface area contributed by atoms with Crippen LogP contribution in [0.2, 0.25) is 0 Å². The first-order valence-electron chi connectivity index (χ1n) is 14.5. The van der Waals surface area contributed by atoms with Crippen LogP contribution < -0.4 is 5.73 Å². The van der Waals surface area contributed by atoms with Crippen LogP contribution in [-0.2, 0) is 25.5 Å². The quantitative estimate of drug-likeness (QED) is 0.488. The van der Waals surface area contributed by atoms with Crippen molar-refractivity contribution in [1.82, 2.24) is 4.98 Å². The molecule has 5 aliphatic rings. The molecule has 3 saturated carbocycles. The highest BCUT2D eigenvalue weighted by Gasteiger charge is 2.75. The number of nitrogens with two attached hydrogens (primary N) is 1. The molecule has 4 fully saturated rings. The van der Waals surface area contributed by atoms with Crippen LogP contribution in [0.1, 0.15) is 62.6 Å². The van der Waals surface area contributed by atoms with Gasteiger partial charge in [-0.25, -0.2) is 4.98 Å². The highest BCUT2D eigenvalue weighted by Crippen LogP contribution is 2.70. The van der Waals surface area contributed by atoms with E-state index in [0.717, 1.165) is 35.2 Å². The predicted octanol–water partition coefficient (Wildman–Crippen LogP) is 3.92. The fourth-order valence-electron chi connectivity index (χ4n) is 9.24. The van der Waals surface area contributed by atoms with Gasteiger partial charge in [-0.3, -0.25) is 9.59 Å². The summed E-state index contributed by atoms with van der Waals surface area (Å²) in [5, 5.41) is 24.5. The molecule has 216 valence electrons. The molecule has 1 aromatic heterocycles. The van der Waals surface area contributed by atoms with E-state index in [1.54, 1.807) is 12.2 Å². The number of hydrogen-bond donors (Lipinski definition) is 3. The average molecular weight is 577 g/mol. The normalized spacial score (nSPS) is 40.9. The van der Waals surface area contributed by atoms with Gasteiger partial charge in [-0.05, 0) is 55.2 Å². The van der Waals surface area contributed by atoms with Gasteiger partial charge < -0.3 is 25.4 Å². The molecule has 0 spiro atoms. The number of ketones is 2. The van der Waals surface area contributed by atoms with E-state index in [9.17, 15) is 19.8 Å². The zero-order valence-corrected chi connectivity index (χ0v) is 24.1. The number of aromatic nitrogens is 1. The summed E-state index contributed by atoms with van der Waals surface area (Å²) in [6, 6.07) is 7.90. The number of Topliss-reactive ketones (excluding diaryl/α,β-unsaturated/α-hetero) is 1. The van der Waals surface area contributed by atoms with E-state index >= 15 is 0 Å². The van der Waals surface area contributed by atoms with Gasteiger partial charge in [0.25, 0.3) is 0 Å². The van der Waals surface area contributed by atoms with Gasteiger partial charge in [0.15, 0.2) is 28.6 Å². The maximum absolute atomic E-state index is 13.7. The van der Waals surface area contributed by atoms with Crippen LogP contribution in [0.4, 0.5) is 5.13 Å². The minimum atomic E-state index is -1.35. The molecule has 7 rings (SSSR count). The Kier molecular flexibility index (Phi) is 6.23. The van der Waals surface area contributed by atoms with Crippen LogP contribution in [0.3, 0.4) is 0 Å². The second kappa shape index (κ2) is 9.41. The molecule has 9 atom stereocenters. The van der Waals surface area contributed by atoms with Gasteiger partial charge in [0.1, 0.15) is 6.61 Å². The number of aliphatic hydroxyl groups is 2. The van der Waals surface area contributed by atoms with Crippen molar-refractivity contribution in [2.75, 3.05) is 12.3 Å². The number of carbonyl (C=O) groups is 2. The summed E-state index contributed by atoms with van der Waals surface area (Å²) in [6.07, 6.45) is 6.62. The van der Waals surface area contributed by atoms with Crippen molar-refractivity contribution in [1.29, 1.82) is 0 Å². The number of ether oxygens (including phenoxy) is 2. The number of hydrogen-bond acceptors (Lipinski definition) is 9. The largest absolute Gasteiger partial charge is 0.393 e. The Hall–Kier alpha value is -2.69. The van der Waals surface area contributed by atoms with Gasteiger partial charge in [0, 0.05) is 34.1 Å².